The van der Waals surface area contributed by atoms with Gasteiger partial charge >= 0.3 is 0 Å². The molecule has 2 aromatic rings. The van der Waals surface area contributed by atoms with E-state index in [0.717, 1.165) is 48.7 Å². The summed E-state index contributed by atoms with van der Waals surface area (Å²) >= 11 is 6.28. The Bertz CT molecular complexity index is 969. The number of amides is 1. The quantitative estimate of drug-likeness (QED) is 0.687. The Balaban J connectivity index is 1.41. The molecule has 5 nitrogen and oxygen atoms in total. The summed E-state index contributed by atoms with van der Waals surface area (Å²) in [6.45, 7) is 8.11. The lowest BCUT2D eigenvalue weighted by molar-refractivity contribution is -0.144. The number of nitrogens with one attached hydrogen (secondary N) is 1. The van der Waals surface area contributed by atoms with Gasteiger partial charge in [0.25, 0.3) is 0 Å². The maximum absolute atomic E-state index is 12.7. The fourth-order valence-corrected chi connectivity index (χ4v) is 5.38. The van der Waals surface area contributed by atoms with E-state index in [1.165, 1.54) is 5.69 Å². The van der Waals surface area contributed by atoms with Gasteiger partial charge in [0.15, 0.2) is 0 Å². The second-order valence-corrected chi connectivity index (χ2v) is 10.3. The Morgan fingerprint density at radius 1 is 1.21 bits per heavy atom. The minimum Gasteiger partial charge on any atom is -0.372 e. The van der Waals surface area contributed by atoms with E-state index in [1.807, 2.05) is 37.8 Å². The summed E-state index contributed by atoms with van der Waals surface area (Å²) in [6, 6.07) is 10.3. The van der Waals surface area contributed by atoms with E-state index < -0.39 is 0 Å². The highest BCUT2D eigenvalue weighted by Gasteiger charge is 2.54. The number of benzene rings is 1. The molecule has 1 aromatic heterocycles. The third kappa shape index (κ3) is 2.98. The molecule has 2 saturated heterocycles. The Labute approximate surface area is 177 Å². The van der Waals surface area contributed by atoms with Crippen molar-refractivity contribution < 1.29 is 9.53 Å². The van der Waals surface area contributed by atoms with E-state index in [1.54, 1.807) is 0 Å². The van der Waals surface area contributed by atoms with Crippen LogP contribution in [0.1, 0.15) is 45.7 Å². The van der Waals surface area contributed by atoms with Crippen molar-refractivity contribution >= 4 is 23.2 Å². The zero-order chi connectivity index (χ0) is 20.4. The molecule has 4 heterocycles. The minimum atomic E-state index is -0.336. The predicted octanol–water partition coefficient (Wildman–Crippen LogP) is 4.58. The standard InChI is InChI=1S/C23H28ClN3O2/c1-21(2,3)20(28)26-11-8-22(9-12-26)14-23(15-29-22)19-5-4-10-27(19)18-7-6-16(24)13-17(18)25-23/h4-7,10,13,25H,8-9,11-12,14-15H2,1-3H3/t23-/m1/s1. The highest BCUT2D eigenvalue weighted by atomic mass is 35.5. The minimum absolute atomic E-state index is 0.188. The maximum atomic E-state index is 12.7. The van der Waals surface area contributed by atoms with Crippen molar-refractivity contribution in [3.8, 4) is 5.69 Å². The van der Waals surface area contributed by atoms with Crippen LogP contribution in [0.25, 0.3) is 5.69 Å². The van der Waals surface area contributed by atoms with Crippen molar-refractivity contribution in [1.29, 1.82) is 0 Å². The average Bonchev–Trinajstić information content (AvgIpc) is 3.28. The zero-order valence-electron chi connectivity index (χ0n) is 17.3. The van der Waals surface area contributed by atoms with Crippen LogP contribution >= 0.6 is 11.6 Å². The number of rotatable bonds is 0. The number of halogens is 1. The number of carbonyl (C=O) groups is 1. The number of hydrogen-bond acceptors (Lipinski definition) is 3. The van der Waals surface area contributed by atoms with Crippen molar-refractivity contribution in [1.82, 2.24) is 9.47 Å². The summed E-state index contributed by atoms with van der Waals surface area (Å²) in [6.07, 6.45) is 4.76. The first-order valence-corrected chi connectivity index (χ1v) is 10.8. The van der Waals surface area contributed by atoms with E-state index in [9.17, 15) is 4.79 Å². The average molecular weight is 414 g/mol. The Hall–Kier alpha value is -1.98. The molecule has 2 spiro atoms. The summed E-state index contributed by atoms with van der Waals surface area (Å²) < 4.78 is 8.77. The van der Waals surface area contributed by atoms with Crippen LogP contribution in [0.3, 0.4) is 0 Å². The third-order valence-electron chi connectivity index (χ3n) is 6.68. The van der Waals surface area contributed by atoms with Crippen LogP contribution in [0.15, 0.2) is 36.5 Å². The molecule has 0 unspecified atom stereocenters. The second-order valence-electron chi connectivity index (χ2n) is 9.82. The molecule has 3 aliphatic rings. The van der Waals surface area contributed by atoms with E-state index in [2.05, 4.69) is 34.3 Å². The van der Waals surface area contributed by atoms with Gasteiger partial charge in [-0.15, -0.1) is 0 Å². The molecular formula is C23H28ClN3O2. The number of carbonyl (C=O) groups excluding carboxylic acids is 1. The number of aromatic nitrogens is 1. The first-order valence-electron chi connectivity index (χ1n) is 10.4. The van der Waals surface area contributed by atoms with Crippen LogP contribution in [-0.2, 0) is 15.1 Å². The molecule has 0 radical (unpaired) electrons. The predicted molar refractivity (Wildman–Crippen MR) is 115 cm³/mol. The molecule has 1 N–H and O–H groups in total. The summed E-state index contributed by atoms with van der Waals surface area (Å²) in [4.78, 5) is 14.7. The summed E-state index contributed by atoms with van der Waals surface area (Å²) in [7, 11) is 0. The molecule has 29 heavy (non-hydrogen) atoms. The number of likely N-dealkylation sites (tertiary alicyclic amines) is 1. The van der Waals surface area contributed by atoms with Gasteiger partial charge in [0, 0.05) is 36.1 Å². The largest absolute Gasteiger partial charge is 0.372 e. The van der Waals surface area contributed by atoms with Crippen molar-refractivity contribution in [3.63, 3.8) is 0 Å². The van der Waals surface area contributed by atoms with E-state index in [-0.39, 0.29) is 22.5 Å². The van der Waals surface area contributed by atoms with Crippen LogP contribution in [0.5, 0.6) is 0 Å². The van der Waals surface area contributed by atoms with Crippen LogP contribution in [0.4, 0.5) is 5.69 Å². The summed E-state index contributed by atoms with van der Waals surface area (Å²) in [5.41, 5.74) is 2.60. The van der Waals surface area contributed by atoms with Crippen molar-refractivity contribution in [2.75, 3.05) is 25.0 Å². The molecule has 0 saturated carbocycles. The van der Waals surface area contributed by atoms with Gasteiger partial charge in [-0.25, -0.2) is 0 Å². The summed E-state index contributed by atoms with van der Waals surface area (Å²) in [5, 5.41) is 4.50. The lowest BCUT2D eigenvalue weighted by Crippen LogP contribution is -2.50. The SMILES string of the molecule is CC(C)(C)C(=O)N1CCC2(CC1)C[C@]1(CO2)Nc2cc(Cl)ccc2-n2cccc21. The van der Waals surface area contributed by atoms with Crippen LogP contribution in [-0.4, -0.2) is 40.7 Å². The molecule has 5 rings (SSSR count). The molecule has 1 atom stereocenters. The smallest absolute Gasteiger partial charge is 0.227 e. The Morgan fingerprint density at radius 2 is 1.97 bits per heavy atom. The maximum Gasteiger partial charge on any atom is 0.227 e. The number of hydrogen-bond donors (Lipinski definition) is 1. The second kappa shape index (κ2) is 6.26. The van der Waals surface area contributed by atoms with Crippen LogP contribution in [0, 0.1) is 5.41 Å². The molecule has 1 amide bonds. The van der Waals surface area contributed by atoms with Crippen LogP contribution in [0.2, 0.25) is 5.02 Å². The number of anilines is 1. The van der Waals surface area contributed by atoms with Gasteiger partial charge < -0.3 is 19.5 Å². The first-order chi connectivity index (χ1) is 13.7. The monoisotopic (exact) mass is 413 g/mol. The van der Waals surface area contributed by atoms with E-state index in [4.69, 9.17) is 16.3 Å². The fraction of sp³-hybridized carbons (Fsp3) is 0.522. The first kappa shape index (κ1) is 19.0. The lowest BCUT2D eigenvalue weighted by atomic mass is 9.79. The van der Waals surface area contributed by atoms with Gasteiger partial charge in [0.1, 0.15) is 5.54 Å². The molecule has 6 heteroatoms. The Morgan fingerprint density at radius 3 is 2.69 bits per heavy atom. The van der Waals surface area contributed by atoms with Gasteiger partial charge in [0.05, 0.1) is 29.3 Å². The molecular weight excluding hydrogens is 386 g/mol. The molecule has 154 valence electrons. The fourth-order valence-electron chi connectivity index (χ4n) is 5.21. The number of nitrogens with zero attached hydrogens (tertiary/aromatic N) is 2. The molecule has 0 aliphatic carbocycles. The topological polar surface area (TPSA) is 46.5 Å². The van der Waals surface area contributed by atoms with Crippen molar-refractivity contribution in [2.24, 2.45) is 5.41 Å². The van der Waals surface area contributed by atoms with E-state index >= 15 is 0 Å². The summed E-state index contributed by atoms with van der Waals surface area (Å²) in [5.74, 6) is 0.230. The highest BCUT2D eigenvalue weighted by Crippen LogP contribution is 2.50. The van der Waals surface area contributed by atoms with Crippen LogP contribution < -0.4 is 5.32 Å². The van der Waals surface area contributed by atoms with Gasteiger partial charge in [0.2, 0.25) is 5.91 Å². The molecule has 2 fully saturated rings. The number of fused-ring (bicyclic) bond motifs is 4. The highest BCUT2D eigenvalue weighted by molar-refractivity contribution is 6.31. The van der Waals surface area contributed by atoms with Gasteiger partial charge in [-0.1, -0.05) is 32.4 Å². The van der Waals surface area contributed by atoms with Crippen molar-refractivity contribution in [3.05, 3.63) is 47.2 Å². The lowest BCUT2D eigenvalue weighted by Gasteiger charge is -2.42. The third-order valence-corrected chi connectivity index (χ3v) is 6.92. The molecule has 1 aromatic carbocycles. The normalized spacial score (nSPS) is 25.0. The van der Waals surface area contributed by atoms with Gasteiger partial charge in [-0.3, -0.25) is 4.79 Å². The number of piperidine rings is 1. The van der Waals surface area contributed by atoms with Gasteiger partial charge in [-0.05, 0) is 43.2 Å². The molecule has 3 aliphatic heterocycles. The number of ether oxygens (including phenoxy) is 1. The molecule has 0 bridgehead atoms. The Kier molecular flexibility index (Phi) is 4.10. The van der Waals surface area contributed by atoms with E-state index in [0.29, 0.717) is 6.61 Å². The van der Waals surface area contributed by atoms with Gasteiger partial charge in [-0.2, -0.15) is 0 Å². The van der Waals surface area contributed by atoms with Crippen molar-refractivity contribution in [2.45, 2.75) is 51.2 Å². The zero-order valence-corrected chi connectivity index (χ0v) is 18.1.